The SMILES string of the molecule is Nc1nc(Nc2ccc3c(c2)CCC(O)CC3)nn1-c1cc2c(nn1)-c1ccccc1CCC2. The fourth-order valence-corrected chi connectivity index (χ4v) is 5.02. The molecule has 0 bridgehead atoms. The van der Waals surface area contributed by atoms with Gasteiger partial charge < -0.3 is 16.2 Å². The van der Waals surface area contributed by atoms with E-state index in [0.717, 1.165) is 67.5 Å². The third-order valence-electron chi connectivity index (χ3n) is 6.83. The number of aliphatic hydroxyl groups excluding tert-OH is 1. The number of fused-ring (bicyclic) bond motifs is 4. The first-order valence-electron chi connectivity index (χ1n) is 11.9. The van der Waals surface area contributed by atoms with Crippen molar-refractivity contribution in [2.24, 2.45) is 0 Å². The Balaban J connectivity index is 1.28. The largest absolute Gasteiger partial charge is 0.393 e. The number of aliphatic hydroxyl groups is 1. The first-order valence-corrected chi connectivity index (χ1v) is 11.9. The van der Waals surface area contributed by atoms with E-state index in [0.29, 0.717) is 11.8 Å². The summed E-state index contributed by atoms with van der Waals surface area (Å²) in [5.41, 5.74) is 14.2. The molecule has 8 heteroatoms. The zero-order valence-electron chi connectivity index (χ0n) is 18.9. The van der Waals surface area contributed by atoms with E-state index in [-0.39, 0.29) is 12.1 Å². The quantitative estimate of drug-likeness (QED) is 0.404. The van der Waals surface area contributed by atoms with Crippen LogP contribution in [0.1, 0.15) is 41.5 Å². The number of hydrogen-bond donors (Lipinski definition) is 3. The van der Waals surface area contributed by atoms with E-state index >= 15 is 0 Å². The highest BCUT2D eigenvalue weighted by Crippen LogP contribution is 2.31. The lowest BCUT2D eigenvalue weighted by molar-refractivity contribution is 0.158. The van der Waals surface area contributed by atoms with Crippen LogP contribution in [-0.4, -0.2) is 36.2 Å². The predicted molar refractivity (Wildman–Crippen MR) is 131 cm³/mol. The highest BCUT2D eigenvalue weighted by atomic mass is 16.3. The molecule has 0 saturated carbocycles. The average Bonchev–Trinajstić information content (AvgIpc) is 3.00. The van der Waals surface area contributed by atoms with Crippen molar-refractivity contribution in [1.82, 2.24) is 25.0 Å². The van der Waals surface area contributed by atoms with Crippen molar-refractivity contribution in [1.29, 1.82) is 0 Å². The number of nitrogens with two attached hydrogens (primary N) is 1. The molecular formula is C26H27N7O. The van der Waals surface area contributed by atoms with Gasteiger partial charge >= 0.3 is 0 Å². The van der Waals surface area contributed by atoms with Crippen molar-refractivity contribution < 1.29 is 5.11 Å². The van der Waals surface area contributed by atoms with Gasteiger partial charge in [-0.15, -0.1) is 15.3 Å². The van der Waals surface area contributed by atoms with Gasteiger partial charge in [-0.1, -0.05) is 30.3 Å². The van der Waals surface area contributed by atoms with Crippen LogP contribution in [0.15, 0.2) is 48.5 Å². The monoisotopic (exact) mass is 453 g/mol. The van der Waals surface area contributed by atoms with Crippen molar-refractivity contribution in [3.8, 4) is 17.1 Å². The molecule has 0 spiro atoms. The number of hydrogen-bond acceptors (Lipinski definition) is 7. The van der Waals surface area contributed by atoms with Gasteiger partial charge in [0, 0.05) is 11.3 Å². The third-order valence-corrected chi connectivity index (χ3v) is 6.83. The van der Waals surface area contributed by atoms with Gasteiger partial charge in [0.15, 0.2) is 5.82 Å². The summed E-state index contributed by atoms with van der Waals surface area (Å²) in [7, 11) is 0. The highest BCUT2D eigenvalue weighted by molar-refractivity contribution is 5.68. The molecule has 8 nitrogen and oxygen atoms in total. The van der Waals surface area contributed by atoms with Crippen LogP contribution in [0.25, 0.3) is 17.1 Å². The first-order chi connectivity index (χ1) is 16.6. The Bertz CT molecular complexity index is 1360. The molecule has 2 aromatic heterocycles. The number of aromatic nitrogens is 5. The van der Waals surface area contributed by atoms with Crippen LogP contribution in [0, 0.1) is 0 Å². The molecule has 172 valence electrons. The number of benzene rings is 2. The van der Waals surface area contributed by atoms with Crippen LogP contribution < -0.4 is 11.1 Å². The molecule has 1 atom stereocenters. The van der Waals surface area contributed by atoms with Gasteiger partial charge in [-0.2, -0.15) is 9.67 Å². The van der Waals surface area contributed by atoms with E-state index in [4.69, 9.17) is 5.73 Å². The number of nitrogen functional groups attached to an aromatic ring is 1. The third kappa shape index (κ3) is 3.90. The molecule has 2 heterocycles. The van der Waals surface area contributed by atoms with Gasteiger partial charge in [-0.25, -0.2) is 0 Å². The minimum Gasteiger partial charge on any atom is -0.393 e. The highest BCUT2D eigenvalue weighted by Gasteiger charge is 2.19. The minimum atomic E-state index is -0.225. The summed E-state index contributed by atoms with van der Waals surface area (Å²) in [5, 5.41) is 26.8. The van der Waals surface area contributed by atoms with Gasteiger partial charge in [0.05, 0.1) is 11.8 Å². The summed E-state index contributed by atoms with van der Waals surface area (Å²) >= 11 is 0. The Morgan fingerprint density at radius 2 is 1.71 bits per heavy atom. The van der Waals surface area contributed by atoms with Crippen LogP contribution >= 0.6 is 0 Å². The van der Waals surface area contributed by atoms with Crippen molar-refractivity contribution in [3.63, 3.8) is 0 Å². The van der Waals surface area contributed by atoms with Crippen molar-refractivity contribution >= 4 is 17.6 Å². The maximum atomic E-state index is 9.98. The first kappa shape index (κ1) is 20.8. The maximum absolute atomic E-state index is 9.98. The second-order valence-corrected chi connectivity index (χ2v) is 9.13. The molecule has 2 aliphatic carbocycles. The smallest absolute Gasteiger partial charge is 0.248 e. The Hall–Kier alpha value is -3.78. The molecule has 34 heavy (non-hydrogen) atoms. The van der Waals surface area contributed by atoms with Crippen molar-refractivity contribution in [3.05, 3.63) is 70.8 Å². The van der Waals surface area contributed by atoms with E-state index in [9.17, 15) is 5.11 Å². The number of anilines is 3. The van der Waals surface area contributed by atoms with Crippen LogP contribution in [0.2, 0.25) is 0 Å². The number of nitrogens with one attached hydrogen (secondary N) is 1. The zero-order valence-corrected chi connectivity index (χ0v) is 18.9. The normalized spacial score (nSPS) is 17.1. The fraction of sp³-hybridized carbons (Fsp3) is 0.308. The molecule has 0 aliphatic heterocycles. The molecule has 6 rings (SSSR count). The lowest BCUT2D eigenvalue weighted by Gasteiger charge is -2.09. The molecule has 0 saturated heterocycles. The predicted octanol–water partition coefficient (Wildman–Crippen LogP) is 3.78. The average molecular weight is 454 g/mol. The lowest BCUT2D eigenvalue weighted by atomic mass is 10.0. The minimum absolute atomic E-state index is 0.225. The van der Waals surface area contributed by atoms with Gasteiger partial charge in [-0.05, 0) is 85.4 Å². The van der Waals surface area contributed by atoms with E-state index in [1.54, 1.807) is 0 Å². The maximum Gasteiger partial charge on any atom is 0.248 e. The standard InChI is InChI=1S/C26H27N7O/c27-25-29-26(28-20-11-8-16-9-12-21(34)13-10-18(16)14-20)32-33(25)23-15-19-6-3-5-17-4-1-2-7-22(17)24(19)31-30-23/h1-2,4,7-8,11,14-15,21,34H,3,5-6,9-10,12-13H2,(H3,27,28,29,32). The summed E-state index contributed by atoms with van der Waals surface area (Å²) in [6, 6.07) is 16.7. The van der Waals surface area contributed by atoms with Crippen LogP contribution in [-0.2, 0) is 25.7 Å². The summed E-state index contributed by atoms with van der Waals surface area (Å²) in [6.45, 7) is 0. The Morgan fingerprint density at radius 3 is 2.62 bits per heavy atom. The van der Waals surface area contributed by atoms with Crippen molar-refractivity contribution in [2.45, 2.75) is 51.0 Å². The number of aryl methyl sites for hydroxylation is 4. The van der Waals surface area contributed by atoms with E-state index < -0.39 is 0 Å². The summed E-state index contributed by atoms with van der Waals surface area (Å²) in [4.78, 5) is 4.40. The van der Waals surface area contributed by atoms with Crippen molar-refractivity contribution in [2.75, 3.05) is 11.1 Å². The molecule has 1 unspecified atom stereocenters. The molecule has 4 aromatic rings. The van der Waals surface area contributed by atoms with E-state index in [2.05, 4.69) is 55.9 Å². The topological polar surface area (TPSA) is 115 Å². The molecule has 2 aromatic carbocycles. The van der Waals surface area contributed by atoms with Crippen LogP contribution in [0.3, 0.4) is 0 Å². The fourth-order valence-electron chi connectivity index (χ4n) is 5.02. The van der Waals surface area contributed by atoms with E-state index in [1.807, 2.05) is 18.2 Å². The summed E-state index contributed by atoms with van der Waals surface area (Å²) in [6.07, 6.45) is 6.16. The van der Waals surface area contributed by atoms with E-state index in [1.165, 1.54) is 21.4 Å². The summed E-state index contributed by atoms with van der Waals surface area (Å²) in [5.74, 6) is 1.23. The zero-order chi connectivity index (χ0) is 23.1. The Labute approximate surface area is 197 Å². The second-order valence-electron chi connectivity index (χ2n) is 9.13. The lowest BCUT2D eigenvalue weighted by Crippen LogP contribution is -2.08. The second kappa shape index (κ2) is 8.53. The van der Waals surface area contributed by atoms with Crippen LogP contribution in [0.5, 0.6) is 0 Å². The van der Waals surface area contributed by atoms with Gasteiger partial charge in [-0.3, -0.25) is 0 Å². The molecule has 4 N–H and O–H groups in total. The molecule has 0 fully saturated rings. The van der Waals surface area contributed by atoms with Crippen LogP contribution in [0.4, 0.5) is 17.6 Å². The molecule has 0 amide bonds. The van der Waals surface area contributed by atoms with Gasteiger partial charge in [0.1, 0.15) is 0 Å². The van der Waals surface area contributed by atoms with Gasteiger partial charge in [0.2, 0.25) is 11.9 Å². The number of nitrogens with zero attached hydrogens (tertiary/aromatic N) is 5. The van der Waals surface area contributed by atoms with Gasteiger partial charge in [0.25, 0.3) is 0 Å². The Kier molecular flexibility index (Phi) is 5.22. The molecule has 2 aliphatic rings. The molecule has 0 radical (unpaired) electrons. The summed E-state index contributed by atoms with van der Waals surface area (Å²) < 4.78 is 1.53. The molecular weight excluding hydrogens is 426 g/mol. The number of rotatable bonds is 3. The Morgan fingerprint density at radius 1 is 0.882 bits per heavy atom.